The average molecular weight is 274 g/mol. The number of rotatable bonds is 3. The van der Waals surface area contributed by atoms with Crippen molar-refractivity contribution in [3.05, 3.63) is 29.8 Å². The molecule has 1 heterocycles. The van der Waals surface area contributed by atoms with Gasteiger partial charge in [0.25, 0.3) is 0 Å². The number of hydrogen-bond acceptors (Lipinski definition) is 3. The number of amidine groups is 1. The van der Waals surface area contributed by atoms with Gasteiger partial charge in [-0.05, 0) is 35.6 Å². The standard InChI is InChI=1S/C17H26N2O/c1-11(2)14-15(17(3,4)5)19-16(18-14)12-7-9-13(20-6)10-8-12/h7-11,14-15H,1-6H3,(H,18,19). The predicted molar refractivity (Wildman–Crippen MR) is 84.5 cm³/mol. The van der Waals surface area contributed by atoms with E-state index in [9.17, 15) is 0 Å². The van der Waals surface area contributed by atoms with E-state index in [1.807, 2.05) is 12.1 Å². The first-order valence-electron chi connectivity index (χ1n) is 7.31. The zero-order valence-electron chi connectivity index (χ0n) is 13.4. The molecule has 0 bridgehead atoms. The molecule has 0 amide bonds. The van der Waals surface area contributed by atoms with Crippen LogP contribution in [-0.4, -0.2) is 25.0 Å². The third kappa shape index (κ3) is 2.97. The fourth-order valence-corrected chi connectivity index (χ4v) is 2.66. The molecular formula is C17H26N2O. The monoisotopic (exact) mass is 274 g/mol. The van der Waals surface area contributed by atoms with E-state index in [0.29, 0.717) is 18.0 Å². The van der Waals surface area contributed by atoms with Gasteiger partial charge in [-0.15, -0.1) is 0 Å². The smallest absolute Gasteiger partial charge is 0.128 e. The van der Waals surface area contributed by atoms with Crippen molar-refractivity contribution in [3.63, 3.8) is 0 Å². The first-order chi connectivity index (χ1) is 9.32. The number of nitrogens with zero attached hydrogens (tertiary/aromatic N) is 1. The van der Waals surface area contributed by atoms with Crippen molar-refractivity contribution in [1.82, 2.24) is 5.32 Å². The Morgan fingerprint density at radius 2 is 1.75 bits per heavy atom. The van der Waals surface area contributed by atoms with E-state index in [0.717, 1.165) is 17.1 Å². The number of nitrogens with one attached hydrogen (secondary N) is 1. The van der Waals surface area contributed by atoms with E-state index < -0.39 is 0 Å². The van der Waals surface area contributed by atoms with Crippen molar-refractivity contribution in [1.29, 1.82) is 0 Å². The molecule has 2 rings (SSSR count). The van der Waals surface area contributed by atoms with E-state index in [1.54, 1.807) is 7.11 Å². The van der Waals surface area contributed by atoms with Crippen LogP contribution in [0.5, 0.6) is 5.75 Å². The fraction of sp³-hybridized carbons (Fsp3) is 0.588. The third-order valence-corrected chi connectivity index (χ3v) is 3.88. The summed E-state index contributed by atoms with van der Waals surface area (Å²) in [5, 5.41) is 3.61. The maximum Gasteiger partial charge on any atom is 0.128 e. The van der Waals surface area contributed by atoms with Crippen LogP contribution in [0.4, 0.5) is 0 Å². The van der Waals surface area contributed by atoms with Gasteiger partial charge in [0, 0.05) is 5.56 Å². The summed E-state index contributed by atoms with van der Waals surface area (Å²) in [4.78, 5) is 4.95. The molecule has 20 heavy (non-hydrogen) atoms. The molecule has 110 valence electrons. The van der Waals surface area contributed by atoms with Crippen LogP contribution in [0.2, 0.25) is 0 Å². The summed E-state index contributed by atoms with van der Waals surface area (Å²) in [5.41, 5.74) is 1.29. The molecule has 0 spiro atoms. The van der Waals surface area contributed by atoms with Gasteiger partial charge in [-0.1, -0.05) is 34.6 Å². The normalized spacial score (nSPS) is 22.6. The molecule has 0 fully saturated rings. The van der Waals surface area contributed by atoms with Gasteiger partial charge < -0.3 is 10.1 Å². The summed E-state index contributed by atoms with van der Waals surface area (Å²) in [5.74, 6) is 2.44. The molecule has 0 aromatic heterocycles. The van der Waals surface area contributed by atoms with Crippen LogP contribution in [0, 0.1) is 11.3 Å². The number of benzene rings is 1. The summed E-state index contributed by atoms with van der Waals surface area (Å²) in [6.45, 7) is 11.3. The Labute approximate surface area is 122 Å². The zero-order valence-corrected chi connectivity index (χ0v) is 13.4. The number of methoxy groups -OCH3 is 1. The van der Waals surface area contributed by atoms with Crippen molar-refractivity contribution >= 4 is 5.84 Å². The van der Waals surface area contributed by atoms with Crippen molar-refractivity contribution in [2.45, 2.75) is 46.7 Å². The van der Waals surface area contributed by atoms with Crippen molar-refractivity contribution in [2.24, 2.45) is 16.3 Å². The van der Waals surface area contributed by atoms with Gasteiger partial charge in [0.2, 0.25) is 0 Å². The van der Waals surface area contributed by atoms with E-state index in [2.05, 4.69) is 52.1 Å². The predicted octanol–water partition coefficient (Wildman–Crippen LogP) is 3.48. The van der Waals surface area contributed by atoms with Crippen LogP contribution in [0.15, 0.2) is 29.3 Å². The van der Waals surface area contributed by atoms with Crippen LogP contribution in [0.1, 0.15) is 40.2 Å². The minimum Gasteiger partial charge on any atom is -0.497 e. The van der Waals surface area contributed by atoms with Crippen molar-refractivity contribution < 1.29 is 4.74 Å². The lowest BCUT2D eigenvalue weighted by atomic mass is 9.80. The molecule has 1 aliphatic rings. The van der Waals surface area contributed by atoms with Crippen molar-refractivity contribution in [2.75, 3.05) is 7.11 Å². The summed E-state index contributed by atoms with van der Waals surface area (Å²) in [7, 11) is 1.69. The van der Waals surface area contributed by atoms with E-state index in [1.165, 1.54) is 0 Å². The van der Waals surface area contributed by atoms with Gasteiger partial charge in [-0.2, -0.15) is 0 Å². The van der Waals surface area contributed by atoms with Crippen LogP contribution in [0.3, 0.4) is 0 Å². The molecule has 1 aromatic carbocycles. The quantitative estimate of drug-likeness (QED) is 0.915. The largest absolute Gasteiger partial charge is 0.497 e. The SMILES string of the molecule is COc1ccc(C2=NC(C(C)(C)C)C(C(C)C)N2)cc1. The maximum absolute atomic E-state index is 5.21. The molecule has 0 radical (unpaired) electrons. The summed E-state index contributed by atoms with van der Waals surface area (Å²) >= 11 is 0. The molecule has 1 aromatic rings. The van der Waals surface area contributed by atoms with Gasteiger partial charge >= 0.3 is 0 Å². The second-order valence-electron chi connectivity index (χ2n) is 6.93. The minimum atomic E-state index is 0.163. The van der Waals surface area contributed by atoms with Crippen LogP contribution in [0.25, 0.3) is 0 Å². The Balaban J connectivity index is 2.28. The Kier molecular flexibility index (Phi) is 4.07. The van der Waals surface area contributed by atoms with Crippen LogP contribution < -0.4 is 10.1 Å². The second kappa shape index (κ2) is 5.47. The highest BCUT2D eigenvalue weighted by Gasteiger charge is 2.38. The van der Waals surface area contributed by atoms with Gasteiger partial charge in [0.15, 0.2) is 0 Å². The lowest BCUT2D eigenvalue weighted by molar-refractivity contribution is 0.252. The second-order valence-corrected chi connectivity index (χ2v) is 6.93. The first-order valence-corrected chi connectivity index (χ1v) is 7.31. The fourth-order valence-electron chi connectivity index (χ4n) is 2.66. The molecule has 1 aliphatic heterocycles. The Morgan fingerprint density at radius 1 is 1.15 bits per heavy atom. The lowest BCUT2D eigenvalue weighted by Gasteiger charge is -2.32. The third-order valence-electron chi connectivity index (χ3n) is 3.88. The molecule has 0 saturated heterocycles. The van der Waals surface area contributed by atoms with Gasteiger partial charge in [0.05, 0.1) is 19.2 Å². The first kappa shape index (κ1) is 14.9. The summed E-state index contributed by atoms with van der Waals surface area (Å²) in [6, 6.07) is 8.79. The Bertz CT molecular complexity index is 483. The molecule has 0 aliphatic carbocycles. The number of ether oxygens (including phenoxy) is 1. The summed E-state index contributed by atoms with van der Waals surface area (Å²) in [6.07, 6.45) is 0. The average Bonchev–Trinajstić information content (AvgIpc) is 2.84. The highest BCUT2D eigenvalue weighted by atomic mass is 16.5. The van der Waals surface area contributed by atoms with E-state index >= 15 is 0 Å². The number of aliphatic imine (C=N–C) groups is 1. The van der Waals surface area contributed by atoms with Gasteiger partial charge in [-0.3, -0.25) is 4.99 Å². The topological polar surface area (TPSA) is 33.6 Å². The highest BCUT2D eigenvalue weighted by Crippen LogP contribution is 2.32. The van der Waals surface area contributed by atoms with Gasteiger partial charge in [0.1, 0.15) is 11.6 Å². The lowest BCUT2D eigenvalue weighted by Crippen LogP contribution is -2.44. The molecule has 2 unspecified atom stereocenters. The number of hydrogen-bond donors (Lipinski definition) is 1. The molecule has 0 saturated carbocycles. The summed E-state index contributed by atoms with van der Waals surface area (Å²) < 4.78 is 5.21. The molecule has 1 N–H and O–H groups in total. The minimum absolute atomic E-state index is 0.163. The molecule has 2 atom stereocenters. The molecule has 3 heteroatoms. The van der Waals surface area contributed by atoms with Crippen molar-refractivity contribution in [3.8, 4) is 5.75 Å². The van der Waals surface area contributed by atoms with Crippen LogP contribution in [-0.2, 0) is 0 Å². The highest BCUT2D eigenvalue weighted by molar-refractivity contribution is 6.00. The van der Waals surface area contributed by atoms with Crippen LogP contribution >= 0.6 is 0 Å². The molecular weight excluding hydrogens is 248 g/mol. The zero-order chi connectivity index (χ0) is 14.9. The molecule has 3 nitrogen and oxygen atoms in total. The maximum atomic E-state index is 5.21. The van der Waals surface area contributed by atoms with Gasteiger partial charge in [-0.25, -0.2) is 0 Å². The Morgan fingerprint density at radius 3 is 2.15 bits per heavy atom. The Hall–Kier alpha value is -1.51. The van der Waals surface area contributed by atoms with E-state index in [4.69, 9.17) is 9.73 Å². The van der Waals surface area contributed by atoms with E-state index in [-0.39, 0.29) is 5.41 Å².